The predicted molar refractivity (Wildman–Crippen MR) is 127 cm³/mol. The summed E-state index contributed by atoms with van der Waals surface area (Å²) in [7, 11) is 0. The molecule has 4 aromatic rings. The Hall–Kier alpha value is -4.34. The lowest BCUT2D eigenvalue weighted by molar-refractivity contribution is -0.127. The summed E-state index contributed by atoms with van der Waals surface area (Å²) >= 11 is 0. The van der Waals surface area contributed by atoms with Crippen LogP contribution in [-0.2, 0) is 4.79 Å². The molecule has 0 aliphatic carbocycles. The number of hydrogen-bond donors (Lipinski definition) is 1. The van der Waals surface area contributed by atoms with Gasteiger partial charge in [-0.3, -0.25) is 4.79 Å². The van der Waals surface area contributed by atoms with Crippen LogP contribution in [0.4, 0.5) is 14.6 Å². The molecule has 2 aromatic carbocycles. The van der Waals surface area contributed by atoms with Gasteiger partial charge in [-0.2, -0.15) is 5.10 Å². The Bertz CT molecular complexity index is 1420. The molecule has 8 nitrogen and oxygen atoms in total. The highest BCUT2D eigenvalue weighted by Gasteiger charge is 2.28. The summed E-state index contributed by atoms with van der Waals surface area (Å²) in [5, 5.41) is 5.26. The first-order chi connectivity index (χ1) is 16.9. The minimum Gasteiger partial charge on any atom is -0.454 e. The average molecular weight is 476 g/mol. The van der Waals surface area contributed by atoms with Crippen molar-refractivity contribution in [2.75, 3.05) is 18.8 Å². The second kappa shape index (κ2) is 9.13. The molecule has 0 bridgehead atoms. The fourth-order valence-corrected chi connectivity index (χ4v) is 4.30. The molecule has 0 spiro atoms. The standard InChI is InChI=1S/C25H22F2N6O2/c1-2-21(34)32-11-3-4-17(13-32)33-25-22(24(28)29-14-30-25)23(31-33)15-5-10-20(19(27)12-15)35-18-8-6-16(26)7-9-18/h2,5-10,12,14,17H,1,3-4,11,13H2,(H2,28,29,30). The van der Waals surface area contributed by atoms with Crippen LogP contribution in [0.3, 0.4) is 0 Å². The van der Waals surface area contributed by atoms with Crippen LogP contribution in [0.2, 0.25) is 0 Å². The molecule has 5 rings (SSSR count). The zero-order valence-corrected chi connectivity index (χ0v) is 18.7. The first-order valence-electron chi connectivity index (χ1n) is 11.1. The molecule has 1 saturated heterocycles. The number of ether oxygens (including phenoxy) is 1. The zero-order valence-electron chi connectivity index (χ0n) is 18.7. The van der Waals surface area contributed by atoms with Crippen molar-refractivity contribution in [3.05, 3.63) is 73.1 Å². The smallest absolute Gasteiger partial charge is 0.246 e. The van der Waals surface area contributed by atoms with Crippen molar-refractivity contribution >= 4 is 22.8 Å². The highest BCUT2D eigenvalue weighted by molar-refractivity contribution is 5.98. The van der Waals surface area contributed by atoms with E-state index in [1.54, 1.807) is 15.6 Å². The predicted octanol–water partition coefficient (Wildman–Crippen LogP) is 4.50. The molecule has 0 saturated carbocycles. The summed E-state index contributed by atoms with van der Waals surface area (Å²) < 4.78 is 35.4. The number of rotatable bonds is 5. The van der Waals surface area contributed by atoms with Crippen LogP contribution in [0.1, 0.15) is 18.9 Å². The minimum atomic E-state index is -0.620. The van der Waals surface area contributed by atoms with Crippen molar-refractivity contribution in [1.29, 1.82) is 0 Å². The van der Waals surface area contributed by atoms with Crippen LogP contribution in [0.15, 0.2) is 61.4 Å². The minimum absolute atomic E-state index is 0.0146. The lowest BCUT2D eigenvalue weighted by Crippen LogP contribution is -2.40. The van der Waals surface area contributed by atoms with Crippen molar-refractivity contribution < 1.29 is 18.3 Å². The van der Waals surface area contributed by atoms with Gasteiger partial charge in [-0.1, -0.05) is 6.58 Å². The van der Waals surface area contributed by atoms with E-state index in [-0.39, 0.29) is 23.5 Å². The van der Waals surface area contributed by atoms with Crippen LogP contribution in [0.25, 0.3) is 22.3 Å². The molecule has 1 aliphatic heterocycles. The molecule has 35 heavy (non-hydrogen) atoms. The number of anilines is 1. The van der Waals surface area contributed by atoms with E-state index < -0.39 is 11.6 Å². The Morgan fingerprint density at radius 1 is 1.17 bits per heavy atom. The number of likely N-dealkylation sites (tertiary alicyclic amines) is 1. The van der Waals surface area contributed by atoms with Gasteiger partial charge in [-0.25, -0.2) is 23.4 Å². The quantitative estimate of drug-likeness (QED) is 0.426. The third kappa shape index (κ3) is 4.30. The van der Waals surface area contributed by atoms with Gasteiger partial charge < -0.3 is 15.4 Å². The Morgan fingerprint density at radius 2 is 1.97 bits per heavy atom. The van der Waals surface area contributed by atoms with E-state index >= 15 is 0 Å². The van der Waals surface area contributed by atoms with E-state index in [0.29, 0.717) is 41.1 Å². The number of halogens is 2. The molecular weight excluding hydrogens is 454 g/mol. The van der Waals surface area contributed by atoms with Gasteiger partial charge >= 0.3 is 0 Å². The Morgan fingerprint density at radius 3 is 2.71 bits per heavy atom. The van der Waals surface area contributed by atoms with Gasteiger partial charge in [0.2, 0.25) is 5.91 Å². The van der Waals surface area contributed by atoms with E-state index in [4.69, 9.17) is 15.6 Å². The van der Waals surface area contributed by atoms with Gasteiger partial charge in [0.1, 0.15) is 29.4 Å². The number of nitrogens with two attached hydrogens (primary N) is 1. The van der Waals surface area contributed by atoms with Crippen LogP contribution >= 0.6 is 0 Å². The molecule has 178 valence electrons. The number of nitrogen functional groups attached to an aromatic ring is 1. The normalized spacial score (nSPS) is 15.8. The number of carbonyl (C=O) groups excluding carboxylic acids is 1. The molecule has 1 unspecified atom stereocenters. The zero-order chi connectivity index (χ0) is 24.5. The number of hydrogen-bond acceptors (Lipinski definition) is 6. The first-order valence-corrected chi connectivity index (χ1v) is 11.1. The highest BCUT2D eigenvalue weighted by atomic mass is 19.1. The number of piperidine rings is 1. The fraction of sp³-hybridized carbons (Fsp3) is 0.200. The molecule has 2 N–H and O–H groups in total. The molecule has 0 radical (unpaired) electrons. The molecule has 3 heterocycles. The number of nitrogens with zero attached hydrogens (tertiary/aromatic N) is 5. The number of fused-ring (bicyclic) bond motifs is 1. The second-order valence-corrected chi connectivity index (χ2v) is 8.24. The van der Waals surface area contributed by atoms with Crippen LogP contribution < -0.4 is 10.5 Å². The summed E-state index contributed by atoms with van der Waals surface area (Å²) in [5.74, 6) is -0.659. The molecule has 1 aliphatic rings. The summed E-state index contributed by atoms with van der Waals surface area (Å²) in [6.07, 6.45) is 4.24. The van der Waals surface area contributed by atoms with Gasteiger partial charge in [0.05, 0.1) is 11.4 Å². The summed E-state index contributed by atoms with van der Waals surface area (Å²) in [6.45, 7) is 4.66. The van der Waals surface area contributed by atoms with Gasteiger partial charge in [0, 0.05) is 18.7 Å². The Kier molecular flexibility index (Phi) is 5.86. The topological polar surface area (TPSA) is 99.2 Å². The molecule has 1 amide bonds. The van der Waals surface area contributed by atoms with E-state index in [0.717, 1.165) is 12.8 Å². The van der Waals surface area contributed by atoms with Gasteiger partial charge in [0.25, 0.3) is 0 Å². The maximum Gasteiger partial charge on any atom is 0.246 e. The molecular formula is C25H22F2N6O2. The lowest BCUT2D eigenvalue weighted by Gasteiger charge is -2.32. The summed E-state index contributed by atoms with van der Waals surface area (Å²) in [6, 6.07) is 9.60. The molecule has 1 atom stereocenters. The lowest BCUT2D eigenvalue weighted by atomic mass is 10.1. The highest BCUT2D eigenvalue weighted by Crippen LogP contribution is 2.36. The first kappa shape index (κ1) is 22.5. The van der Waals surface area contributed by atoms with E-state index in [2.05, 4.69) is 16.5 Å². The van der Waals surface area contributed by atoms with Crippen molar-refractivity contribution in [3.63, 3.8) is 0 Å². The maximum absolute atomic E-state index is 15.0. The van der Waals surface area contributed by atoms with E-state index in [9.17, 15) is 13.6 Å². The largest absolute Gasteiger partial charge is 0.454 e. The van der Waals surface area contributed by atoms with Gasteiger partial charge in [0.15, 0.2) is 17.2 Å². The SMILES string of the molecule is C=CC(=O)N1CCCC(n2nc(-c3ccc(Oc4ccc(F)cc4)c(F)c3)c3c(N)ncnc32)C1. The third-order valence-electron chi connectivity index (χ3n) is 5.99. The number of aromatic nitrogens is 4. The van der Waals surface area contributed by atoms with Crippen molar-refractivity contribution in [2.24, 2.45) is 0 Å². The van der Waals surface area contributed by atoms with E-state index in [1.165, 1.54) is 48.8 Å². The van der Waals surface area contributed by atoms with Gasteiger partial charge in [-0.15, -0.1) is 0 Å². The third-order valence-corrected chi connectivity index (χ3v) is 5.99. The fourth-order valence-electron chi connectivity index (χ4n) is 4.30. The summed E-state index contributed by atoms with van der Waals surface area (Å²) in [5.41, 5.74) is 7.59. The average Bonchev–Trinajstić information content (AvgIpc) is 3.27. The summed E-state index contributed by atoms with van der Waals surface area (Å²) in [4.78, 5) is 22.4. The van der Waals surface area contributed by atoms with Crippen LogP contribution in [0, 0.1) is 11.6 Å². The monoisotopic (exact) mass is 476 g/mol. The molecule has 10 heteroatoms. The Balaban J connectivity index is 1.52. The van der Waals surface area contributed by atoms with Crippen molar-refractivity contribution in [2.45, 2.75) is 18.9 Å². The van der Waals surface area contributed by atoms with Crippen molar-refractivity contribution in [1.82, 2.24) is 24.6 Å². The Labute approximate surface area is 199 Å². The number of carbonyl (C=O) groups is 1. The van der Waals surface area contributed by atoms with Crippen LogP contribution in [0.5, 0.6) is 11.5 Å². The van der Waals surface area contributed by atoms with Crippen LogP contribution in [-0.4, -0.2) is 43.6 Å². The molecule has 1 fully saturated rings. The van der Waals surface area contributed by atoms with E-state index in [1.807, 2.05) is 0 Å². The van der Waals surface area contributed by atoms with Gasteiger partial charge in [-0.05, 0) is 61.4 Å². The number of benzene rings is 2. The molecule has 2 aromatic heterocycles. The number of amides is 1. The second-order valence-electron chi connectivity index (χ2n) is 8.24. The van der Waals surface area contributed by atoms with Crippen molar-refractivity contribution in [3.8, 4) is 22.8 Å². The maximum atomic E-state index is 15.0.